The maximum atomic E-state index is 12.5. The zero-order valence-electron chi connectivity index (χ0n) is 16.7. The van der Waals surface area contributed by atoms with Crippen molar-refractivity contribution in [3.05, 3.63) is 70.8 Å². The second kappa shape index (κ2) is 8.78. The summed E-state index contributed by atoms with van der Waals surface area (Å²) in [5, 5.41) is 2.88. The summed E-state index contributed by atoms with van der Waals surface area (Å²) in [4.78, 5) is 26.5. The molecule has 154 valence electrons. The predicted molar refractivity (Wildman–Crippen MR) is 112 cm³/mol. The van der Waals surface area contributed by atoms with Crippen molar-refractivity contribution in [2.75, 3.05) is 12.8 Å². The molecular weight excluding hydrogens is 388 g/mol. The minimum Gasteiger partial charge on any atom is -0.352 e. The summed E-state index contributed by atoms with van der Waals surface area (Å²) < 4.78 is 22.7. The van der Waals surface area contributed by atoms with E-state index in [1.54, 1.807) is 17.0 Å². The van der Waals surface area contributed by atoms with Crippen molar-refractivity contribution in [2.45, 2.75) is 32.2 Å². The quantitative estimate of drug-likeness (QED) is 0.753. The van der Waals surface area contributed by atoms with Crippen LogP contribution in [0.25, 0.3) is 0 Å². The number of hydrogen-bond donors (Lipinski definition) is 1. The fourth-order valence-corrected chi connectivity index (χ4v) is 4.20. The van der Waals surface area contributed by atoms with E-state index in [0.29, 0.717) is 19.6 Å². The molecule has 6 nitrogen and oxygen atoms in total. The second-order valence-corrected chi connectivity index (χ2v) is 9.91. The van der Waals surface area contributed by atoms with E-state index in [4.69, 9.17) is 0 Å². The van der Waals surface area contributed by atoms with Crippen molar-refractivity contribution >= 4 is 21.7 Å². The molecule has 2 aromatic rings. The molecule has 0 radical (unpaired) electrons. The monoisotopic (exact) mass is 414 g/mol. The highest BCUT2D eigenvalue weighted by molar-refractivity contribution is 7.89. The number of hydrogen-bond acceptors (Lipinski definition) is 4. The summed E-state index contributed by atoms with van der Waals surface area (Å²) in [6.07, 6.45) is 1.43. The van der Waals surface area contributed by atoms with Crippen molar-refractivity contribution in [3.8, 4) is 0 Å². The van der Waals surface area contributed by atoms with Crippen molar-refractivity contribution in [2.24, 2.45) is 5.92 Å². The van der Waals surface area contributed by atoms with Crippen LogP contribution in [0, 0.1) is 12.8 Å². The molecule has 2 aromatic carbocycles. The molecule has 1 N–H and O–H groups in total. The summed E-state index contributed by atoms with van der Waals surface area (Å²) >= 11 is 0. The minimum absolute atomic E-state index is 0.000637. The molecule has 0 aromatic heterocycles. The number of likely N-dealkylation sites (tertiary alicyclic amines) is 1. The summed E-state index contributed by atoms with van der Waals surface area (Å²) in [6, 6.07) is 15.2. The normalized spacial score (nSPS) is 16.8. The van der Waals surface area contributed by atoms with Crippen LogP contribution < -0.4 is 5.32 Å². The molecule has 1 atom stereocenters. The fraction of sp³-hybridized carbons (Fsp3) is 0.364. The van der Waals surface area contributed by atoms with Crippen LogP contribution in [0.1, 0.15) is 28.7 Å². The first-order valence-electron chi connectivity index (χ1n) is 9.56. The van der Waals surface area contributed by atoms with Gasteiger partial charge in [0, 0.05) is 32.3 Å². The fourth-order valence-electron chi connectivity index (χ4n) is 3.40. The third-order valence-electron chi connectivity index (χ3n) is 5.00. The van der Waals surface area contributed by atoms with E-state index < -0.39 is 9.84 Å². The van der Waals surface area contributed by atoms with Crippen LogP contribution in [0.2, 0.25) is 0 Å². The molecular formula is C22H26N2O4S. The third-order valence-corrected chi connectivity index (χ3v) is 5.86. The van der Waals surface area contributed by atoms with Gasteiger partial charge in [0.2, 0.25) is 11.8 Å². The van der Waals surface area contributed by atoms with Gasteiger partial charge in [0.15, 0.2) is 9.84 Å². The van der Waals surface area contributed by atoms with Crippen molar-refractivity contribution in [1.29, 1.82) is 0 Å². The maximum absolute atomic E-state index is 12.5. The van der Waals surface area contributed by atoms with Crippen LogP contribution in [0.3, 0.4) is 0 Å². The first-order chi connectivity index (χ1) is 13.7. The molecule has 1 unspecified atom stereocenters. The Hall–Kier alpha value is -2.67. The van der Waals surface area contributed by atoms with E-state index in [0.717, 1.165) is 16.7 Å². The van der Waals surface area contributed by atoms with Crippen LogP contribution >= 0.6 is 0 Å². The van der Waals surface area contributed by atoms with Crippen LogP contribution in [-0.4, -0.2) is 37.9 Å². The van der Waals surface area contributed by atoms with Crippen LogP contribution in [0.4, 0.5) is 0 Å². The van der Waals surface area contributed by atoms with Crippen molar-refractivity contribution < 1.29 is 18.0 Å². The second-order valence-electron chi connectivity index (χ2n) is 7.77. The Balaban J connectivity index is 1.51. The maximum Gasteiger partial charge on any atom is 0.225 e. The topological polar surface area (TPSA) is 83.6 Å². The minimum atomic E-state index is -3.07. The van der Waals surface area contributed by atoms with Crippen molar-refractivity contribution in [3.63, 3.8) is 0 Å². The van der Waals surface area contributed by atoms with Gasteiger partial charge in [-0.2, -0.15) is 0 Å². The van der Waals surface area contributed by atoms with Gasteiger partial charge in [-0.15, -0.1) is 0 Å². The molecule has 0 bridgehead atoms. The number of carbonyl (C=O) groups excluding carboxylic acids is 2. The Morgan fingerprint density at radius 2 is 1.62 bits per heavy atom. The van der Waals surface area contributed by atoms with Gasteiger partial charge >= 0.3 is 0 Å². The first kappa shape index (κ1) is 21.0. The van der Waals surface area contributed by atoms with E-state index in [1.165, 1.54) is 11.8 Å². The van der Waals surface area contributed by atoms with Gasteiger partial charge in [0.1, 0.15) is 0 Å². The van der Waals surface area contributed by atoms with Gasteiger partial charge in [0.05, 0.1) is 11.7 Å². The summed E-state index contributed by atoms with van der Waals surface area (Å²) in [5.74, 6) is -0.487. The molecule has 0 spiro atoms. The van der Waals surface area contributed by atoms with Crippen molar-refractivity contribution in [1.82, 2.24) is 10.2 Å². The summed E-state index contributed by atoms with van der Waals surface area (Å²) in [5.41, 5.74) is 3.83. The predicted octanol–water partition coefficient (Wildman–Crippen LogP) is 2.20. The number of benzene rings is 2. The molecule has 3 rings (SSSR count). The highest BCUT2D eigenvalue weighted by atomic mass is 32.2. The number of amides is 2. The van der Waals surface area contributed by atoms with E-state index in [1.807, 2.05) is 43.3 Å². The molecule has 2 amide bonds. The summed E-state index contributed by atoms with van der Waals surface area (Å²) in [6.45, 7) is 3.31. The summed E-state index contributed by atoms with van der Waals surface area (Å²) in [7, 11) is -3.07. The number of sulfone groups is 1. The molecule has 7 heteroatoms. The molecule has 1 heterocycles. The average Bonchev–Trinajstić information content (AvgIpc) is 3.02. The zero-order valence-corrected chi connectivity index (χ0v) is 17.5. The Labute approximate surface area is 171 Å². The highest BCUT2D eigenvalue weighted by Gasteiger charge is 2.34. The number of nitrogens with one attached hydrogen (secondary N) is 1. The standard InChI is InChI=1S/C22H26N2O4S/c1-16-3-5-18(6-4-16)13-24-14-20(11-21(24)25)22(26)23-12-17-7-9-19(10-8-17)15-29(2,27)28/h3-10,20H,11-15H2,1-2H3,(H,23,26). The average molecular weight is 415 g/mol. The largest absolute Gasteiger partial charge is 0.352 e. The van der Waals surface area contributed by atoms with Gasteiger partial charge in [-0.05, 0) is 23.6 Å². The highest BCUT2D eigenvalue weighted by Crippen LogP contribution is 2.21. The smallest absolute Gasteiger partial charge is 0.225 e. The molecule has 1 saturated heterocycles. The SMILES string of the molecule is Cc1ccc(CN2CC(C(=O)NCc3ccc(CS(C)(=O)=O)cc3)CC2=O)cc1. The zero-order chi connectivity index (χ0) is 21.0. The number of rotatable bonds is 7. The van der Waals surface area contributed by atoms with Crippen LogP contribution in [0.15, 0.2) is 48.5 Å². The Bertz CT molecular complexity index is 982. The molecule has 1 fully saturated rings. The Kier molecular flexibility index (Phi) is 6.37. The molecule has 1 aliphatic heterocycles. The van der Waals surface area contributed by atoms with E-state index in [-0.39, 0.29) is 29.9 Å². The molecule has 1 aliphatic rings. The number of aryl methyl sites for hydroxylation is 1. The molecule has 0 saturated carbocycles. The van der Waals surface area contributed by atoms with Gasteiger partial charge in [0.25, 0.3) is 0 Å². The van der Waals surface area contributed by atoms with Gasteiger partial charge in [-0.25, -0.2) is 8.42 Å². The first-order valence-corrected chi connectivity index (χ1v) is 11.6. The number of nitrogens with zero attached hydrogens (tertiary/aromatic N) is 1. The van der Waals surface area contributed by atoms with Crippen LogP contribution in [0.5, 0.6) is 0 Å². The van der Waals surface area contributed by atoms with Crippen LogP contribution in [-0.2, 0) is 38.3 Å². The lowest BCUT2D eigenvalue weighted by molar-refractivity contribution is -0.129. The van der Waals surface area contributed by atoms with E-state index in [2.05, 4.69) is 5.32 Å². The third kappa shape index (κ3) is 6.15. The van der Waals surface area contributed by atoms with Gasteiger partial charge < -0.3 is 10.2 Å². The lowest BCUT2D eigenvalue weighted by Gasteiger charge is -2.17. The van der Waals surface area contributed by atoms with E-state index in [9.17, 15) is 18.0 Å². The lowest BCUT2D eigenvalue weighted by atomic mass is 10.1. The molecule has 29 heavy (non-hydrogen) atoms. The van der Waals surface area contributed by atoms with Gasteiger partial charge in [-0.1, -0.05) is 54.1 Å². The molecule has 0 aliphatic carbocycles. The number of carbonyl (C=O) groups is 2. The van der Waals surface area contributed by atoms with Gasteiger partial charge in [-0.3, -0.25) is 9.59 Å². The Morgan fingerprint density at radius 3 is 2.24 bits per heavy atom. The lowest BCUT2D eigenvalue weighted by Crippen LogP contribution is -2.32. The van der Waals surface area contributed by atoms with E-state index >= 15 is 0 Å². The Morgan fingerprint density at radius 1 is 1.03 bits per heavy atom.